The summed E-state index contributed by atoms with van der Waals surface area (Å²) in [5, 5.41) is 2.64. The number of methoxy groups -OCH3 is 2. The highest BCUT2D eigenvalue weighted by atomic mass is 32.2. The van der Waals surface area contributed by atoms with Gasteiger partial charge >= 0.3 is 4.87 Å². The third-order valence-electron chi connectivity index (χ3n) is 6.71. The maximum absolute atomic E-state index is 13.6. The summed E-state index contributed by atoms with van der Waals surface area (Å²) in [5.41, 5.74) is 0.268. The van der Waals surface area contributed by atoms with E-state index in [1.165, 1.54) is 21.2 Å². The number of benzene rings is 2. The Kier molecular flexibility index (Phi) is 6.36. The smallest absolute Gasteiger partial charge is 0.308 e. The highest BCUT2D eigenvalue weighted by molar-refractivity contribution is 8.00. The predicted octanol–water partition coefficient (Wildman–Crippen LogP) is 3.51. The zero-order valence-electron chi connectivity index (χ0n) is 20.6. The van der Waals surface area contributed by atoms with E-state index in [1.54, 1.807) is 62.8 Å². The highest BCUT2D eigenvalue weighted by Crippen LogP contribution is 2.54. The molecule has 0 bridgehead atoms. The van der Waals surface area contributed by atoms with Crippen molar-refractivity contribution in [2.75, 3.05) is 24.4 Å². The van der Waals surface area contributed by atoms with Crippen molar-refractivity contribution in [3.8, 4) is 11.5 Å². The Hall–Kier alpha value is -3.57. The number of thioether (sulfide) groups is 1. The molecule has 1 saturated heterocycles. The van der Waals surface area contributed by atoms with Crippen LogP contribution >= 0.6 is 23.1 Å². The molecule has 0 aliphatic carbocycles. The molecule has 1 aromatic heterocycles. The van der Waals surface area contributed by atoms with Gasteiger partial charge in [-0.25, -0.2) is 4.90 Å². The molecule has 192 valence electrons. The van der Waals surface area contributed by atoms with E-state index in [1.807, 2.05) is 13.8 Å². The summed E-state index contributed by atoms with van der Waals surface area (Å²) in [6.07, 6.45) is 0. The van der Waals surface area contributed by atoms with Gasteiger partial charge in [-0.05, 0) is 48.5 Å². The molecule has 3 aromatic rings. The molecule has 3 amide bonds. The molecular weight excluding hydrogens is 514 g/mol. The zero-order valence-corrected chi connectivity index (χ0v) is 22.3. The second-order valence-electron chi connectivity index (χ2n) is 9.31. The number of carbonyl (C=O) groups excluding carboxylic acids is 3. The number of rotatable bonds is 6. The molecule has 2 aromatic carbocycles. The van der Waals surface area contributed by atoms with Crippen molar-refractivity contribution in [2.45, 2.75) is 36.1 Å². The van der Waals surface area contributed by atoms with Crippen LogP contribution in [-0.2, 0) is 26.3 Å². The second-order valence-corrected chi connectivity index (χ2v) is 11.4. The van der Waals surface area contributed by atoms with E-state index in [2.05, 4.69) is 5.32 Å². The molecule has 0 unspecified atom stereocenters. The largest absolute Gasteiger partial charge is 0.497 e. The van der Waals surface area contributed by atoms with Gasteiger partial charge in [0.2, 0.25) is 17.7 Å². The van der Waals surface area contributed by atoms with Crippen LogP contribution in [0.15, 0.2) is 58.4 Å². The van der Waals surface area contributed by atoms with Gasteiger partial charge in [0.05, 0.1) is 30.9 Å². The van der Waals surface area contributed by atoms with Crippen molar-refractivity contribution < 1.29 is 23.9 Å². The fraction of sp³-hybridized carbons (Fsp3) is 0.308. The SMILES string of the molecule is COc1ccc(NC(=O)Cn2c3c(sc2=O)C(C)(C)[C@H]2C(=O)N(c4ccc(OC)cc4)C(=O)[C@H]2S3)cc1. The Morgan fingerprint density at radius 1 is 0.946 bits per heavy atom. The number of carbonyl (C=O) groups is 3. The second kappa shape index (κ2) is 9.38. The predicted molar refractivity (Wildman–Crippen MR) is 142 cm³/mol. The minimum Gasteiger partial charge on any atom is -0.497 e. The third kappa shape index (κ3) is 4.21. The van der Waals surface area contributed by atoms with Crippen LogP contribution in [0.25, 0.3) is 0 Å². The lowest BCUT2D eigenvalue weighted by atomic mass is 9.76. The molecule has 11 heteroatoms. The van der Waals surface area contributed by atoms with Crippen molar-refractivity contribution >= 4 is 52.2 Å². The molecule has 0 radical (unpaired) electrons. The summed E-state index contributed by atoms with van der Waals surface area (Å²) >= 11 is 2.21. The number of nitrogens with zero attached hydrogens (tertiary/aromatic N) is 2. The maximum atomic E-state index is 13.6. The normalized spacial score (nSPS) is 19.8. The first-order chi connectivity index (χ1) is 17.6. The summed E-state index contributed by atoms with van der Waals surface area (Å²) in [5.74, 6) is -0.367. The van der Waals surface area contributed by atoms with Crippen molar-refractivity contribution in [3.05, 3.63) is 63.1 Å². The lowest BCUT2D eigenvalue weighted by Crippen LogP contribution is -2.41. The van der Waals surface area contributed by atoms with Gasteiger partial charge in [0.1, 0.15) is 23.3 Å². The Morgan fingerprint density at radius 2 is 1.54 bits per heavy atom. The molecule has 3 heterocycles. The molecule has 2 atom stereocenters. The molecule has 0 saturated carbocycles. The summed E-state index contributed by atoms with van der Waals surface area (Å²) in [7, 11) is 3.10. The maximum Gasteiger partial charge on any atom is 0.308 e. The minimum absolute atomic E-state index is 0.207. The Balaban J connectivity index is 1.43. The van der Waals surface area contributed by atoms with Crippen LogP contribution in [0.3, 0.4) is 0 Å². The van der Waals surface area contributed by atoms with Crippen molar-refractivity contribution in [1.82, 2.24) is 4.57 Å². The molecule has 0 spiro atoms. The molecule has 2 aliphatic rings. The van der Waals surface area contributed by atoms with Gasteiger partial charge in [-0.1, -0.05) is 36.9 Å². The average molecular weight is 540 g/mol. The standard InChI is InChI=1S/C26H25N3O6S2/c1-26(2)19-20(23(32)29(22(19)31)15-7-11-17(35-4)12-8-15)36-24-21(26)37-25(33)28(24)13-18(30)27-14-5-9-16(34-3)10-6-14/h5-12,19-20H,13H2,1-4H3,(H,27,30)/t19-,20+/m1/s1. The quantitative estimate of drug-likeness (QED) is 0.478. The minimum atomic E-state index is -0.777. The lowest BCUT2D eigenvalue weighted by molar-refractivity contribution is -0.123. The first-order valence-electron chi connectivity index (χ1n) is 11.5. The summed E-state index contributed by atoms with van der Waals surface area (Å²) < 4.78 is 11.7. The number of thiazole rings is 1. The van der Waals surface area contributed by atoms with Gasteiger partial charge < -0.3 is 14.8 Å². The van der Waals surface area contributed by atoms with Crippen LogP contribution in [0.4, 0.5) is 11.4 Å². The van der Waals surface area contributed by atoms with Crippen LogP contribution < -0.4 is 24.6 Å². The Morgan fingerprint density at radius 3 is 2.14 bits per heavy atom. The van der Waals surface area contributed by atoms with Gasteiger partial charge in [-0.2, -0.15) is 0 Å². The number of ether oxygens (including phenoxy) is 2. The van der Waals surface area contributed by atoms with E-state index in [0.29, 0.717) is 32.8 Å². The molecule has 1 fully saturated rings. The zero-order chi connectivity index (χ0) is 26.5. The molecule has 1 N–H and O–H groups in total. The Labute approximate surface area is 221 Å². The molecule has 9 nitrogen and oxygen atoms in total. The number of nitrogens with one attached hydrogen (secondary N) is 1. The molecule has 37 heavy (non-hydrogen) atoms. The number of amides is 3. The van der Waals surface area contributed by atoms with E-state index < -0.39 is 16.6 Å². The molecule has 2 aliphatic heterocycles. The van der Waals surface area contributed by atoms with Crippen molar-refractivity contribution in [3.63, 3.8) is 0 Å². The highest BCUT2D eigenvalue weighted by Gasteiger charge is 2.59. The first-order valence-corrected chi connectivity index (χ1v) is 13.2. The first kappa shape index (κ1) is 25.1. The van der Waals surface area contributed by atoms with Crippen LogP contribution in [0, 0.1) is 5.92 Å². The number of anilines is 2. The van der Waals surface area contributed by atoms with E-state index in [-0.39, 0.29) is 29.1 Å². The van der Waals surface area contributed by atoms with Gasteiger partial charge in [0.15, 0.2) is 0 Å². The summed E-state index contributed by atoms with van der Waals surface area (Å²) in [6.45, 7) is 3.55. The van der Waals surface area contributed by atoms with E-state index in [4.69, 9.17) is 9.47 Å². The van der Waals surface area contributed by atoms with Gasteiger partial charge in [0.25, 0.3) is 0 Å². The number of imide groups is 1. The fourth-order valence-electron chi connectivity index (χ4n) is 4.77. The number of hydrogen-bond acceptors (Lipinski definition) is 8. The summed E-state index contributed by atoms with van der Waals surface area (Å²) in [4.78, 5) is 54.5. The fourth-order valence-corrected chi connectivity index (χ4v) is 7.81. The topological polar surface area (TPSA) is 107 Å². The van der Waals surface area contributed by atoms with Crippen LogP contribution in [-0.4, -0.2) is 41.8 Å². The molecular formula is C26H25N3O6S2. The molecule has 5 rings (SSSR count). The van der Waals surface area contributed by atoms with E-state index in [9.17, 15) is 19.2 Å². The van der Waals surface area contributed by atoms with Crippen molar-refractivity contribution in [2.24, 2.45) is 5.92 Å². The number of aromatic nitrogens is 1. The lowest BCUT2D eigenvalue weighted by Gasteiger charge is -2.36. The third-order valence-corrected chi connectivity index (χ3v) is 9.53. The van der Waals surface area contributed by atoms with E-state index >= 15 is 0 Å². The average Bonchev–Trinajstić information content (AvgIpc) is 3.33. The Bertz CT molecular complexity index is 1440. The van der Waals surface area contributed by atoms with Crippen LogP contribution in [0.1, 0.15) is 18.7 Å². The van der Waals surface area contributed by atoms with Crippen LogP contribution in [0.2, 0.25) is 0 Å². The van der Waals surface area contributed by atoms with E-state index in [0.717, 1.165) is 11.3 Å². The monoisotopic (exact) mass is 539 g/mol. The van der Waals surface area contributed by atoms with Crippen LogP contribution in [0.5, 0.6) is 11.5 Å². The van der Waals surface area contributed by atoms with Crippen molar-refractivity contribution in [1.29, 1.82) is 0 Å². The summed E-state index contributed by atoms with van der Waals surface area (Å²) in [6, 6.07) is 13.6. The number of hydrogen-bond donors (Lipinski definition) is 1. The number of fused-ring (bicyclic) bond motifs is 2. The van der Waals surface area contributed by atoms with Gasteiger partial charge in [-0.15, -0.1) is 0 Å². The van der Waals surface area contributed by atoms with Gasteiger partial charge in [0, 0.05) is 16.0 Å². The van der Waals surface area contributed by atoms with Gasteiger partial charge in [-0.3, -0.25) is 23.7 Å².